The molecule has 8 nitrogen and oxygen atoms in total. The number of aromatic nitrogens is 5. The monoisotopic (exact) mass is 494 g/mol. The largest absolute Gasteiger partial charge is 0.355 e. The van der Waals surface area contributed by atoms with Gasteiger partial charge in [-0.3, -0.25) is 4.99 Å². The van der Waals surface area contributed by atoms with E-state index < -0.39 is 0 Å². The van der Waals surface area contributed by atoms with Crippen molar-refractivity contribution in [3.63, 3.8) is 0 Å². The van der Waals surface area contributed by atoms with Gasteiger partial charge in [0, 0.05) is 52.0 Å². The van der Waals surface area contributed by atoms with Gasteiger partial charge in [0.25, 0.3) is 0 Å². The van der Waals surface area contributed by atoms with Crippen molar-refractivity contribution in [1.82, 2.24) is 34.9 Å². The molecule has 0 bridgehead atoms. The van der Waals surface area contributed by atoms with Crippen LogP contribution >= 0.6 is 24.0 Å². The van der Waals surface area contributed by atoms with Gasteiger partial charge in [-0.05, 0) is 11.1 Å². The van der Waals surface area contributed by atoms with Crippen LogP contribution in [0.3, 0.4) is 0 Å². The highest BCUT2D eigenvalue weighted by Crippen LogP contribution is 2.07. The lowest BCUT2D eigenvalue weighted by atomic mass is 10.1. The Balaban J connectivity index is 0.00000280. The molecular formula is C19H27IN8. The number of hydrogen-bond donors (Lipinski definition) is 2. The first-order chi connectivity index (χ1) is 13.3. The maximum absolute atomic E-state index is 4.29. The molecular weight excluding hydrogens is 467 g/mol. The molecule has 0 radical (unpaired) electrons. The molecule has 3 aromatic rings. The lowest BCUT2D eigenvalue weighted by molar-refractivity contribution is 0.632. The minimum atomic E-state index is 0. The molecule has 2 heterocycles. The van der Waals surface area contributed by atoms with Crippen LogP contribution in [0.4, 0.5) is 0 Å². The fraction of sp³-hybridized carbons (Fsp3) is 0.368. The van der Waals surface area contributed by atoms with Crippen molar-refractivity contribution in [2.75, 3.05) is 13.6 Å². The van der Waals surface area contributed by atoms with E-state index in [4.69, 9.17) is 0 Å². The predicted molar refractivity (Wildman–Crippen MR) is 121 cm³/mol. The second kappa shape index (κ2) is 11.4. The van der Waals surface area contributed by atoms with E-state index in [1.165, 1.54) is 11.1 Å². The molecule has 0 aliphatic rings. The maximum atomic E-state index is 4.29. The minimum Gasteiger partial charge on any atom is -0.355 e. The molecule has 0 fully saturated rings. The van der Waals surface area contributed by atoms with Crippen molar-refractivity contribution >= 4 is 29.9 Å². The number of aliphatic imine (C=N–C) groups is 1. The Hall–Kier alpha value is -2.43. The van der Waals surface area contributed by atoms with E-state index in [0.29, 0.717) is 6.54 Å². The lowest BCUT2D eigenvalue weighted by Gasteiger charge is -2.13. The number of rotatable bonds is 8. The van der Waals surface area contributed by atoms with Crippen LogP contribution < -0.4 is 10.6 Å². The second-order valence-electron chi connectivity index (χ2n) is 6.20. The first-order valence-corrected chi connectivity index (χ1v) is 9.13. The molecule has 150 valence electrons. The van der Waals surface area contributed by atoms with Gasteiger partial charge in [0.05, 0.1) is 6.33 Å². The summed E-state index contributed by atoms with van der Waals surface area (Å²) in [5.74, 6) is 1.77. The van der Waals surface area contributed by atoms with E-state index in [-0.39, 0.29) is 24.0 Å². The number of aryl methyl sites for hydroxylation is 1. The number of guanidine groups is 1. The summed E-state index contributed by atoms with van der Waals surface area (Å²) < 4.78 is 4.11. The van der Waals surface area contributed by atoms with Crippen molar-refractivity contribution < 1.29 is 0 Å². The molecule has 0 saturated heterocycles. The molecule has 2 N–H and O–H groups in total. The summed E-state index contributed by atoms with van der Waals surface area (Å²) in [6.07, 6.45) is 8.24. The van der Waals surface area contributed by atoms with Crippen LogP contribution in [0.1, 0.15) is 23.9 Å². The Bertz CT molecular complexity index is 856. The Kier molecular flexibility index (Phi) is 8.92. The number of nitrogens with zero attached hydrogens (tertiary/aromatic N) is 6. The standard InChI is InChI=1S/C19H26N8.HI/c1-3-18-25-24-15-27(18)10-8-22-19(20-2)23-12-16-5-4-6-17(11-16)13-26-9-7-21-14-26;/h4-7,9,11,14-15H,3,8,10,12-13H2,1-2H3,(H2,20,22,23);1H. The molecule has 2 aromatic heterocycles. The molecule has 0 amide bonds. The number of halogens is 1. The number of imidazole rings is 1. The molecule has 0 spiro atoms. The Morgan fingerprint density at radius 3 is 2.79 bits per heavy atom. The smallest absolute Gasteiger partial charge is 0.191 e. The first-order valence-electron chi connectivity index (χ1n) is 9.13. The maximum Gasteiger partial charge on any atom is 0.191 e. The van der Waals surface area contributed by atoms with Crippen molar-refractivity contribution in [2.45, 2.75) is 33.0 Å². The zero-order valence-electron chi connectivity index (χ0n) is 16.2. The van der Waals surface area contributed by atoms with E-state index in [9.17, 15) is 0 Å². The Labute approximate surface area is 182 Å². The number of nitrogens with one attached hydrogen (secondary N) is 2. The average Bonchev–Trinajstić information content (AvgIpc) is 3.36. The third-order valence-electron chi connectivity index (χ3n) is 4.26. The van der Waals surface area contributed by atoms with Crippen molar-refractivity contribution in [2.24, 2.45) is 4.99 Å². The highest BCUT2D eigenvalue weighted by Gasteiger charge is 2.03. The summed E-state index contributed by atoms with van der Waals surface area (Å²) in [6, 6.07) is 8.52. The quantitative estimate of drug-likeness (QED) is 0.285. The van der Waals surface area contributed by atoms with Gasteiger partial charge in [0.15, 0.2) is 5.96 Å². The molecule has 0 aliphatic carbocycles. The zero-order valence-corrected chi connectivity index (χ0v) is 18.6. The van der Waals surface area contributed by atoms with Crippen LogP contribution in [0, 0.1) is 0 Å². The van der Waals surface area contributed by atoms with Crippen LogP contribution in [-0.2, 0) is 26.1 Å². The SMILES string of the molecule is CCc1nncn1CCNC(=NC)NCc1cccc(Cn2ccnc2)c1.I. The molecule has 3 rings (SSSR count). The lowest BCUT2D eigenvalue weighted by Crippen LogP contribution is -2.38. The van der Waals surface area contributed by atoms with Gasteiger partial charge in [0.2, 0.25) is 0 Å². The first kappa shape index (κ1) is 21.9. The third-order valence-corrected chi connectivity index (χ3v) is 4.26. The van der Waals surface area contributed by atoms with E-state index in [0.717, 1.165) is 37.8 Å². The number of hydrogen-bond acceptors (Lipinski definition) is 4. The van der Waals surface area contributed by atoms with Gasteiger partial charge < -0.3 is 19.8 Å². The fourth-order valence-corrected chi connectivity index (χ4v) is 2.87. The molecule has 0 aliphatic heterocycles. The summed E-state index contributed by atoms with van der Waals surface area (Å²) in [5, 5.41) is 14.7. The average molecular weight is 494 g/mol. The van der Waals surface area contributed by atoms with Gasteiger partial charge >= 0.3 is 0 Å². The molecule has 28 heavy (non-hydrogen) atoms. The summed E-state index contributed by atoms with van der Waals surface area (Å²) >= 11 is 0. The van der Waals surface area contributed by atoms with Crippen LogP contribution in [-0.4, -0.2) is 43.9 Å². The Morgan fingerprint density at radius 2 is 2.04 bits per heavy atom. The van der Waals surface area contributed by atoms with Crippen molar-refractivity contribution in [3.8, 4) is 0 Å². The molecule has 1 aromatic carbocycles. The van der Waals surface area contributed by atoms with Crippen molar-refractivity contribution in [3.05, 3.63) is 66.3 Å². The van der Waals surface area contributed by atoms with Crippen LogP contribution in [0.2, 0.25) is 0 Å². The van der Waals surface area contributed by atoms with Gasteiger partial charge in [-0.25, -0.2) is 4.98 Å². The van der Waals surface area contributed by atoms with Gasteiger partial charge in [0.1, 0.15) is 12.2 Å². The van der Waals surface area contributed by atoms with Gasteiger partial charge in [-0.1, -0.05) is 31.2 Å². The minimum absolute atomic E-state index is 0. The molecule has 0 unspecified atom stereocenters. The van der Waals surface area contributed by atoms with E-state index >= 15 is 0 Å². The zero-order chi connectivity index (χ0) is 18.9. The van der Waals surface area contributed by atoms with E-state index in [2.05, 4.69) is 71.1 Å². The predicted octanol–water partition coefficient (Wildman–Crippen LogP) is 2.07. The van der Waals surface area contributed by atoms with E-state index in [1.54, 1.807) is 19.6 Å². The van der Waals surface area contributed by atoms with E-state index in [1.807, 2.05) is 12.5 Å². The molecule has 0 saturated carbocycles. The van der Waals surface area contributed by atoms with Crippen LogP contribution in [0.15, 0.2) is 54.3 Å². The third kappa shape index (κ3) is 6.32. The number of benzene rings is 1. The normalized spacial score (nSPS) is 11.1. The van der Waals surface area contributed by atoms with Crippen LogP contribution in [0.25, 0.3) is 0 Å². The van der Waals surface area contributed by atoms with Gasteiger partial charge in [-0.15, -0.1) is 34.2 Å². The summed E-state index contributed by atoms with van der Waals surface area (Å²) in [7, 11) is 1.78. The molecule has 0 atom stereocenters. The molecule has 9 heteroatoms. The topological polar surface area (TPSA) is 85.0 Å². The van der Waals surface area contributed by atoms with Crippen molar-refractivity contribution in [1.29, 1.82) is 0 Å². The highest BCUT2D eigenvalue weighted by atomic mass is 127. The highest BCUT2D eigenvalue weighted by molar-refractivity contribution is 14.0. The fourth-order valence-electron chi connectivity index (χ4n) is 2.87. The van der Waals surface area contributed by atoms with Gasteiger partial charge in [-0.2, -0.15) is 0 Å². The van der Waals surface area contributed by atoms with Crippen LogP contribution in [0.5, 0.6) is 0 Å². The second-order valence-corrected chi connectivity index (χ2v) is 6.20. The summed E-state index contributed by atoms with van der Waals surface area (Å²) in [6.45, 7) is 5.17. The summed E-state index contributed by atoms with van der Waals surface area (Å²) in [4.78, 5) is 8.38. The summed E-state index contributed by atoms with van der Waals surface area (Å²) in [5.41, 5.74) is 2.46. The Morgan fingerprint density at radius 1 is 1.18 bits per heavy atom.